The molecule has 0 heterocycles. The van der Waals surface area contributed by atoms with E-state index in [1.54, 1.807) is 0 Å². The van der Waals surface area contributed by atoms with Crippen LogP contribution in [0, 0.1) is 10.1 Å². The van der Waals surface area contributed by atoms with Gasteiger partial charge in [-0.25, -0.2) is 8.42 Å². The molecule has 2 aromatic rings. The van der Waals surface area contributed by atoms with Gasteiger partial charge in [0, 0.05) is 11.1 Å². The number of hydrogen-bond acceptors (Lipinski definition) is 4. The second kappa shape index (κ2) is 5.88. The first-order valence-electron chi connectivity index (χ1n) is 5.52. The van der Waals surface area contributed by atoms with E-state index in [0.717, 1.165) is 6.07 Å². The molecule has 0 spiro atoms. The second-order valence-corrected chi connectivity index (χ2v) is 6.51. The van der Waals surface area contributed by atoms with Crippen LogP contribution in [0.25, 0.3) is 0 Å². The predicted molar refractivity (Wildman–Crippen MR) is 80.4 cm³/mol. The van der Waals surface area contributed by atoms with Crippen LogP contribution < -0.4 is 4.72 Å². The Morgan fingerprint density at radius 3 is 2.43 bits per heavy atom. The molecule has 0 aliphatic heterocycles. The molecule has 0 amide bonds. The van der Waals surface area contributed by atoms with Crippen LogP contribution in [0.1, 0.15) is 0 Å². The highest BCUT2D eigenvalue weighted by molar-refractivity contribution is 7.92. The summed E-state index contributed by atoms with van der Waals surface area (Å²) in [6, 6.07) is 9.28. The van der Waals surface area contributed by atoms with Crippen molar-refractivity contribution in [3.63, 3.8) is 0 Å². The first kappa shape index (κ1) is 15.6. The van der Waals surface area contributed by atoms with Crippen LogP contribution in [-0.2, 0) is 10.0 Å². The minimum atomic E-state index is -3.89. The zero-order valence-electron chi connectivity index (χ0n) is 10.3. The molecule has 0 aromatic heterocycles. The SMILES string of the molecule is O=[N+]([O-])c1cc(NS(=O)(=O)c2cccc(Cl)c2)ccc1Cl. The normalized spacial score (nSPS) is 11.1. The van der Waals surface area contributed by atoms with E-state index >= 15 is 0 Å². The zero-order chi connectivity index (χ0) is 15.6. The Balaban J connectivity index is 2.37. The third kappa shape index (κ3) is 3.63. The Morgan fingerprint density at radius 1 is 1.10 bits per heavy atom. The number of nitrogens with zero attached hydrogens (tertiary/aromatic N) is 1. The molecule has 0 aliphatic rings. The number of nitrogens with one attached hydrogen (secondary N) is 1. The number of anilines is 1. The first-order valence-corrected chi connectivity index (χ1v) is 7.76. The standard InChI is InChI=1S/C12H8Cl2N2O4S/c13-8-2-1-3-10(6-8)21(19,20)15-9-4-5-11(14)12(7-9)16(17)18/h1-7,15H. The molecule has 0 fully saturated rings. The number of hydrogen-bond donors (Lipinski definition) is 1. The van der Waals surface area contributed by atoms with Crippen molar-refractivity contribution in [2.45, 2.75) is 4.90 Å². The number of rotatable bonds is 4. The summed E-state index contributed by atoms with van der Waals surface area (Å²) in [5, 5.41) is 11.0. The highest BCUT2D eigenvalue weighted by atomic mass is 35.5. The summed E-state index contributed by atoms with van der Waals surface area (Å²) in [6.45, 7) is 0. The van der Waals surface area contributed by atoms with Crippen molar-refractivity contribution >= 4 is 44.6 Å². The van der Waals surface area contributed by atoms with E-state index in [0.29, 0.717) is 0 Å². The monoisotopic (exact) mass is 346 g/mol. The van der Waals surface area contributed by atoms with Gasteiger partial charge in [0.2, 0.25) is 0 Å². The Hall–Kier alpha value is -1.83. The van der Waals surface area contributed by atoms with Gasteiger partial charge in [0.05, 0.1) is 15.5 Å². The molecule has 0 radical (unpaired) electrons. The van der Waals surface area contributed by atoms with Crippen LogP contribution in [0.2, 0.25) is 10.0 Å². The maximum Gasteiger partial charge on any atom is 0.289 e. The van der Waals surface area contributed by atoms with Crippen molar-refractivity contribution in [2.24, 2.45) is 0 Å². The minimum Gasteiger partial charge on any atom is -0.279 e. The molecule has 0 atom stereocenters. The summed E-state index contributed by atoms with van der Waals surface area (Å²) in [5.41, 5.74) is -0.353. The van der Waals surface area contributed by atoms with Crippen LogP contribution >= 0.6 is 23.2 Å². The smallest absolute Gasteiger partial charge is 0.279 e. The summed E-state index contributed by atoms with van der Waals surface area (Å²) in [7, 11) is -3.89. The molecule has 2 aromatic carbocycles. The predicted octanol–water partition coefficient (Wildman–Crippen LogP) is 3.70. The van der Waals surface area contributed by atoms with Gasteiger partial charge in [0.15, 0.2) is 0 Å². The van der Waals surface area contributed by atoms with Crippen molar-refractivity contribution in [1.29, 1.82) is 0 Å². The average Bonchev–Trinajstić information content (AvgIpc) is 2.40. The van der Waals surface area contributed by atoms with Crippen molar-refractivity contribution in [3.8, 4) is 0 Å². The van der Waals surface area contributed by atoms with Crippen molar-refractivity contribution in [3.05, 3.63) is 62.6 Å². The quantitative estimate of drug-likeness (QED) is 0.674. The number of sulfonamides is 1. The highest BCUT2D eigenvalue weighted by Crippen LogP contribution is 2.28. The molecule has 0 aliphatic carbocycles. The lowest BCUT2D eigenvalue weighted by molar-refractivity contribution is -0.384. The Bertz CT molecular complexity index is 809. The fourth-order valence-corrected chi connectivity index (χ4v) is 3.10. The first-order chi connectivity index (χ1) is 9.79. The van der Waals surface area contributed by atoms with Gasteiger partial charge in [0.25, 0.3) is 15.7 Å². The molecule has 9 heteroatoms. The van der Waals surface area contributed by atoms with Crippen molar-refractivity contribution in [2.75, 3.05) is 4.72 Å². The molecular formula is C12H8Cl2N2O4S. The molecule has 110 valence electrons. The zero-order valence-corrected chi connectivity index (χ0v) is 12.6. The molecule has 0 saturated carbocycles. The third-order valence-electron chi connectivity index (χ3n) is 2.50. The van der Waals surface area contributed by atoms with Gasteiger partial charge < -0.3 is 0 Å². The molecule has 21 heavy (non-hydrogen) atoms. The third-order valence-corrected chi connectivity index (χ3v) is 4.44. The van der Waals surface area contributed by atoms with E-state index in [1.807, 2.05) is 0 Å². The topological polar surface area (TPSA) is 89.3 Å². The van der Waals surface area contributed by atoms with E-state index in [4.69, 9.17) is 23.2 Å². The molecule has 0 bridgehead atoms. The highest BCUT2D eigenvalue weighted by Gasteiger charge is 2.18. The number of benzene rings is 2. The molecule has 6 nitrogen and oxygen atoms in total. The lowest BCUT2D eigenvalue weighted by Gasteiger charge is -2.08. The van der Waals surface area contributed by atoms with E-state index in [9.17, 15) is 18.5 Å². The molecular weight excluding hydrogens is 339 g/mol. The van der Waals surface area contributed by atoms with E-state index < -0.39 is 14.9 Å². The van der Waals surface area contributed by atoms with Gasteiger partial charge in [0.1, 0.15) is 5.02 Å². The van der Waals surface area contributed by atoms with Gasteiger partial charge in [-0.05, 0) is 30.3 Å². The van der Waals surface area contributed by atoms with Gasteiger partial charge >= 0.3 is 0 Å². The van der Waals surface area contributed by atoms with Crippen LogP contribution in [0.15, 0.2) is 47.4 Å². The number of nitro groups is 1. The minimum absolute atomic E-state index is 0.0334. The largest absolute Gasteiger partial charge is 0.289 e. The van der Waals surface area contributed by atoms with E-state index in [-0.39, 0.29) is 26.3 Å². The Labute approximate surface area is 130 Å². The molecule has 0 saturated heterocycles. The second-order valence-electron chi connectivity index (χ2n) is 3.99. The van der Waals surface area contributed by atoms with Crippen LogP contribution in [-0.4, -0.2) is 13.3 Å². The molecule has 2 rings (SSSR count). The average molecular weight is 347 g/mol. The lowest BCUT2D eigenvalue weighted by Crippen LogP contribution is -2.13. The maximum atomic E-state index is 12.1. The summed E-state index contributed by atoms with van der Waals surface area (Å²) in [4.78, 5) is 10.0. The fourth-order valence-electron chi connectivity index (χ4n) is 1.56. The van der Waals surface area contributed by atoms with Gasteiger partial charge in [-0.3, -0.25) is 14.8 Å². The Morgan fingerprint density at radius 2 is 1.81 bits per heavy atom. The summed E-state index contributed by atoms with van der Waals surface area (Å²) in [6.07, 6.45) is 0. The van der Waals surface area contributed by atoms with Crippen LogP contribution in [0.3, 0.4) is 0 Å². The maximum absolute atomic E-state index is 12.1. The van der Waals surface area contributed by atoms with Crippen LogP contribution in [0.4, 0.5) is 11.4 Å². The van der Waals surface area contributed by atoms with Gasteiger partial charge in [-0.1, -0.05) is 29.3 Å². The summed E-state index contributed by atoms with van der Waals surface area (Å²) >= 11 is 11.4. The van der Waals surface area contributed by atoms with Crippen molar-refractivity contribution in [1.82, 2.24) is 0 Å². The summed E-state index contributed by atoms with van der Waals surface area (Å²) in [5.74, 6) is 0. The summed E-state index contributed by atoms with van der Waals surface area (Å²) < 4.78 is 26.5. The fraction of sp³-hybridized carbons (Fsp3) is 0. The number of halogens is 2. The van der Waals surface area contributed by atoms with E-state index in [2.05, 4.69) is 4.72 Å². The lowest BCUT2D eigenvalue weighted by atomic mass is 10.3. The molecule has 1 N–H and O–H groups in total. The van der Waals surface area contributed by atoms with Crippen molar-refractivity contribution < 1.29 is 13.3 Å². The van der Waals surface area contributed by atoms with E-state index in [1.165, 1.54) is 36.4 Å². The Kier molecular flexibility index (Phi) is 4.36. The van der Waals surface area contributed by atoms with Gasteiger partial charge in [-0.2, -0.15) is 0 Å². The number of nitro benzene ring substituents is 1. The van der Waals surface area contributed by atoms with Gasteiger partial charge in [-0.15, -0.1) is 0 Å². The van der Waals surface area contributed by atoms with Crippen LogP contribution in [0.5, 0.6) is 0 Å². The molecule has 0 unspecified atom stereocenters.